The lowest BCUT2D eigenvalue weighted by atomic mass is 10.1. The number of furan rings is 1. The molecule has 3 nitrogen and oxygen atoms in total. The molecular formula is C13H11NO2. The average molecular weight is 213 g/mol. The molecule has 0 amide bonds. The highest BCUT2D eigenvalue weighted by Crippen LogP contribution is 2.24. The van der Waals surface area contributed by atoms with Gasteiger partial charge in [-0.2, -0.15) is 0 Å². The summed E-state index contributed by atoms with van der Waals surface area (Å²) < 4.78 is 5.43. The van der Waals surface area contributed by atoms with Gasteiger partial charge < -0.3 is 4.42 Å². The molecule has 0 atom stereocenters. The van der Waals surface area contributed by atoms with Gasteiger partial charge in [-0.25, -0.2) is 0 Å². The Kier molecular flexibility index (Phi) is 2.68. The zero-order valence-electron chi connectivity index (χ0n) is 8.93. The molecule has 2 heterocycles. The van der Waals surface area contributed by atoms with Gasteiger partial charge in [0.05, 0.1) is 0 Å². The zero-order valence-corrected chi connectivity index (χ0v) is 8.93. The van der Waals surface area contributed by atoms with E-state index in [-0.39, 0.29) is 0 Å². The summed E-state index contributed by atoms with van der Waals surface area (Å²) in [6.07, 6.45) is 7.76. The lowest BCUT2D eigenvalue weighted by Gasteiger charge is -1.99. The molecule has 2 aromatic rings. The van der Waals surface area contributed by atoms with Gasteiger partial charge in [0.2, 0.25) is 0 Å². The number of carbonyl (C=O) groups excluding carboxylic acids is 1. The molecule has 0 aromatic carbocycles. The van der Waals surface area contributed by atoms with E-state index in [4.69, 9.17) is 4.42 Å². The molecule has 0 N–H and O–H groups in total. The Balaban J connectivity index is 2.72. The van der Waals surface area contributed by atoms with E-state index < -0.39 is 0 Å². The Hall–Kier alpha value is -2.16. The van der Waals surface area contributed by atoms with Crippen LogP contribution in [0.1, 0.15) is 21.8 Å². The summed E-state index contributed by atoms with van der Waals surface area (Å²) in [6, 6.07) is 1.68. The third kappa shape index (κ3) is 1.67. The Morgan fingerprint density at radius 1 is 1.50 bits per heavy atom. The van der Waals surface area contributed by atoms with Crippen LogP contribution in [-0.4, -0.2) is 11.3 Å². The van der Waals surface area contributed by atoms with Crippen LogP contribution in [0.2, 0.25) is 0 Å². The topological polar surface area (TPSA) is 43.1 Å². The molecule has 0 saturated carbocycles. The minimum absolute atomic E-state index is 0.315. The van der Waals surface area contributed by atoms with Crippen LogP contribution in [0.15, 0.2) is 35.4 Å². The molecule has 80 valence electrons. The average Bonchev–Trinajstić information content (AvgIpc) is 2.71. The van der Waals surface area contributed by atoms with E-state index in [1.807, 2.05) is 19.1 Å². The minimum Gasteiger partial charge on any atom is -0.453 e. The van der Waals surface area contributed by atoms with Crippen LogP contribution in [0.25, 0.3) is 17.0 Å². The van der Waals surface area contributed by atoms with Crippen LogP contribution in [0, 0.1) is 6.92 Å². The van der Waals surface area contributed by atoms with Gasteiger partial charge >= 0.3 is 0 Å². The van der Waals surface area contributed by atoms with Crippen LogP contribution in [0.3, 0.4) is 0 Å². The minimum atomic E-state index is 0.315. The van der Waals surface area contributed by atoms with Gasteiger partial charge in [0.1, 0.15) is 5.58 Å². The molecule has 2 rings (SSSR count). The van der Waals surface area contributed by atoms with Crippen molar-refractivity contribution in [1.82, 2.24) is 4.98 Å². The van der Waals surface area contributed by atoms with Crippen LogP contribution in [0.5, 0.6) is 0 Å². The number of nitrogens with zero attached hydrogens (tertiary/aromatic N) is 1. The molecule has 0 saturated heterocycles. The lowest BCUT2D eigenvalue weighted by Crippen LogP contribution is -1.85. The van der Waals surface area contributed by atoms with Crippen molar-refractivity contribution in [2.45, 2.75) is 6.92 Å². The van der Waals surface area contributed by atoms with Gasteiger partial charge in [-0.15, -0.1) is 0 Å². The van der Waals surface area contributed by atoms with Gasteiger partial charge in [0, 0.05) is 22.8 Å². The van der Waals surface area contributed by atoms with Crippen molar-refractivity contribution in [3.8, 4) is 0 Å². The molecule has 0 aliphatic heterocycles. The third-order valence-corrected chi connectivity index (χ3v) is 2.33. The van der Waals surface area contributed by atoms with Crippen molar-refractivity contribution < 1.29 is 9.21 Å². The van der Waals surface area contributed by atoms with Gasteiger partial charge in [0.25, 0.3) is 0 Å². The molecular weight excluding hydrogens is 202 g/mol. The van der Waals surface area contributed by atoms with Gasteiger partial charge in [0.15, 0.2) is 12.0 Å². The van der Waals surface area contributed by atoms with Crippen molar-refractivity contribution in [1.29, 1.82) is 0 Å². The smallest absolute Gasteiger partial charge is 0.185 e. The summed E-state index contributed by atoms with van der Waals surface area (Å²) in [5, 5.41) is 0.830. The van der Waals surface area contributed by atoms with Gasteiger partial charge in [-0.05, 0) is 19.1 Å². The van der Waals surface area contributed by atoms with Gasteiger partial charge in [-0.3, -0.25) is 9.78 Å². The molecule has 0 spiro atoms. The van der Waals surface area contributed by atoms with Gasteiger partial charge in [-0.1, -0.05) is 18.7 Å². The number of aldehydes is 1. The predicted molar refractivity (Wildman–Crippen MR) is 63.4 cm³/mol. The molecule has 0 unspecified atom stereocenters. The number of fused-ring (bicyclic) bond motifs is 1. The molecule has 16 heavy (non-hydrogen) atoms. The maximum absolute atomic E-state index is 10.6. The van der Waals surface area contributed by atoms with E-state index in [1.54, 1.807) is 18.3 Å². The SMILES string of the molecule is C=C/C=C\c1c(C)ncc2cc(C=O)oc12. The summed E-state index contributed by atoms with van der Waals surface area (Å²) in [7, 11) is 0. The fourth-order valence-electron chi connectivity index (χ4n) is 1.55. The summed E-state index contributed by atoms with van der Waals surface area (Å²) in [5.41, 5.74) is 2.43. The first-order chi connectivity index (χ1) is 7.76. The number of aryl methyl sites for hydroxylation is 1. The number of pyridine rings is 1. The first-order valence-electron chi connectivity index (χ1n) is 4.89. The second kappa shape index (κ2) is 4.14. The fourth-order valence-corrected chi connectivity index (χ4v) is 1.55. The van der Waals surface area contributed by atoms with Crippen molar-refractivity contribution in [3.05, 3.63) is 48.0 Å². The Morgan fingerprint density at radius 3 is 3.00 bits per heavy atom. The van der Waals surface area contributed by atoms with E-state index in [0.717, 1.165) is 16.6 Å². The number of allylic oxidation sites excluding steroid dienone is 2. The summed E-state index contributed by atoms with van der Waals surface area (Å²) in [4.78, 5) is 14.9. The molecule has 0 aliphatic carbocycles. The van der Waals surface area contributed by atoms with E-state index in [0.29, 0.717) is 17.6 Å². The van der Waals surface area contributed by atoms with Crippen molar-refractivity contribution >= 4 is 23.3 Å². The Bertz CT molecular complexity index is 579. The summed E-state index contributed by atoms with van der Waals surface area (Å²) in [6.45, 7) is 5.51. The van der Waals surface area contributed by atoms with Crippen LogP contribution in [0.4, 0.5) is 0 Å². The number of rotatable bonds is 3. The fraction of sp³-hybridized carbons (Fsp3) is 0.0769. The largest absolute Gasteiger partial charge is 0.453 e. The Labute approximate surface area is 93.1 Å². The normalized spacial score (nSPS) is 11.1. The van der Waals surface area contributed by atoms with E-state index >= 15 is 0 Å². The number of hydrogen-bond acceptors (Lipinski definition) is 3. The molecule has 0 radical (unpaired) electrons. The summed E-state index contributed by atoms with van der Waals surface area (Å²) >= 11 is 0. The number of hydrogen-bond donors (Lipinski definition) is 0. The maximum Gasteiger partial charge on any atom is 0.185 e. The Morgan fingerprint density at radius 2 is 2.31 bits per heavy atom. The van der Waals surface area contributed by atoms with Crippen LogP contribution >= 0.6 is 0 Å². The monoisotopic (exact) mass is 213 g/mol. The van der Waals surface area contributed by atoms with E-state index in [2.05, 4.69) is 11.6 Å². The standard InChI is InChI=1S/C13H11NO2/c1-3-4-5-12-9(2)14-7-10-6-11(8-15)16-13(10)12/h3-8H,1H2,2H3/b5-4-. The van der Waals surface area contributed by atoms with Crippen molar-refractivity contribution in [2.24, 2.45) is 0 Å². The van der Waals surface area contributed by atoms with E-state index in [1.165, 1.54) is 0 Å². The lowest BCUT2D eigenvalue weighted by molar-refractivity contribution is 0.110. The molecule has 3 heteroatoms. The van der Waals surface area contributed by atoms with E-state index in [9.17, 15) is 4.79 Å². The summed E-state index contributed by atoms with van der Waals surface area (Å²) in [5.74, 6) is 0.315. The molecule has 0 fully saturated rings. The van der Waals surface area contributed by atoms with Crippen LogP contribution < -0.4 is 0 Å². The second-order valence-corrected chi connectivity index (χ2v) is 3.40. The first-order valence-corrected chi connectivity index (χ1v) is 4.89. The quantitative estimate of drug-likeness (QED) is 0.581. The van der Waals surface area contributed by atoms with Crippen molar-refractivity contribution in [3.63, 3.8) is 0 Å². The van der Waals surface area contributed by atoms with Crippen molar-refractivity contribution in [2.75, 3.05) is 0 Å². The molecule has 2 aromatic heterocycles. The number of carbonyl (C=O) groups is 1. The molecule has 0 aliphatic rings. The second-order valence-electron chi connectivity index (χ2n) is 3.40. The first kappa shape index (κ1) is 10.4. The third-order valence-electron chi connectivity index (χ3n) is 2.33. The highest BCUT2D eigenvalue weighted by atomic mass is 16.3. The highest BCUT2D eigenvalue weighted by Gasteiger charge is 2.09. The number of aromatic nitrogens is 1. The predicted octanol–water partition coefficient (Wildman–Crippen LogP) is 3.15. The molecule has 0 bridgehead atoms. The van der Waals surface area contributed by atoms with Crippen LogP contribution in [-0.2, 0) is 0 Å². The maximum atomic E-state index is 10.6. The highest BCUT2D eigenvalue weighted by molar-refractivity contribution is 5.90. The zero-order chi connectivity index (χ0) is 11.5.